The molecular weight excluding hydrogens is 384 g/mol. The maximum atomic E-state index is 12.5. The van der Waals surface area contributed by atoms with Crippen molar-refractivity contribution < 1.29 is 17.9 Å². The lowest BCUT2D eigenvalue weighted by molar-refractivity contribution is -0.113. The minimum atomic E-state index is -3.70. The monoisotopic (exact) mass is 408 g/mol. The quantitative estimate of drug-likeness (QED) is 0.678. The van der Waals surface area contributed by atoms with E-state index in [-0.39, 0.29) is 22.3 Å². The van der Waals surface area contributed by atoms with E-state index in [1.165, 1.54) is 31.9 Å². The summed E-state index contributed by atoms with van der Waals surface area (Å²) in [6.45, 7) is 4.12. The average molecular weight is 409 g/mol. The van der Waals surface area contributed by atoms with Crippen LogP contribution in [0.25, 0.3) is 0 Å². The Balaban J connectivity index is 2.16. The number of nitrogens with zero attached hydrogens (tertiary/aromatic N) is 1. The van der Waals surface area contributed by atoms with E-state index in [0.717, 1.165) is 14.8 Å². The van der Waals surface area contributed by atoms with Crippen LogP contribution >= 0.6 is 11.8 Å². The molecule has 0 unspecified atom stereocenters. The lowest BCUT2D eigenvalue weighted by Gasteiger charge is -2.16. The third-order valence-corrected chi connectivity index (χ3v) is 6.75. The molecule has 0 fully saturated rings. The molecule has 0 spiro atoms. The number of thioether (sulfide) groups is 1. The number of anilines is 1. The lowest BCUT2D eigenvalue weighted by atomic mass is 10.2. The minimum absolute atomic E-state index is 0.0266. The molecule has 0 aliphatic carbocycles. The predicted molar refractivity (Wildman–Crippen MR) is 109 cm³/mol. The standard InChI is InChI=1S/C19H24N2O4S2/c1-5-25-16-11-10-15(12-18(16)27(23,24)21(3)4)20-19(22)13-26-17-9-7-6-8-14(17)2/h6-12H,5,13H2,1-4H3,(H,20,22). The Bertz CT molecular complexity index is 912. The first-order valence-electron chi connectivity index (χ1n) is 8.43. The fourth-order valence-corrected chi connectivity index (χ4v) is 4.20. The van der Waals surface area contributed by atoms with Crippen LogP contribution in [0.4, 0.5) is 5.69 Å². The summed E-state index contributed by atoms with van der Waals surface area (Å²) in [5.74, 6) is 0.285. The summed E-state index contributed by atoms with van der Waals surface area (Å²) in [5.41, 5.74) is 1.52. The van der Waals surface area contributed by atoms with Crippen LogP contribution in [0.2, 0.25) is 0 Å². The number of ether oxygens (including phenoxy) is 1. The van der Waals surface area contributed by atoms with Crippen LogP contribution in [0.5, 0.6) is 5.75 Å². The number of aryl methyl sites for hydroxylation is 1. The minimum Gasteiger partial charge on any atom is -0.492 e. The van der Waals surface area contributed by atoms with Gasteiger partial charge in [-0.15, -0.1) is 11.8 Å². The molecule has 2 aromatic rings. The molecule has 0 saturated heterocycles. The van der Waals surface area contributed by atoms with Gasteiger partial charge in [0.25, 0.3) is 0 Å². The SMILES string of the molecule is CCOc1ccc(NC(=O)CSc2ccccc2C)cc1S(=O)(=O)N(C)C. The van der Waals surface area contributed by atoms with Gasteiger partial charge < -0.3 is 10.1 Å². The maximum Gasteiger partial charge on any atom is 0.246 e. The van der Waals surface area contributed by atoms with E-state index >= 15 is 0 Å². The first-order chi connectivity index (χ1) is 12.8. The molecule has 1 N–H and O–H groups in total. The molecule has 6 nitrogen and oxygen atoms in total. The molecule has 8 heteroatoms. The van der Waals surface area contributed by atoms with Crippen LogP contribution in [0.1, 0.15) is 12.5 Å². The fourth-order valence-electron chi connectivity index (χ4n) is 2.32. The van der Waals surface area contributed by atoms with Crippen LogP contribution < -0.4 is 10.1 Å². The van der Waals surface area contributed by atoms with Gasteiger partial charge in [-0.2, -0.15) is 0 Å². The van der Waals surface area contributed by atoms with Crippen molar-refractivity contribution in [3.8, 4) is 5.75 Å². The van der Waals surface area contributed by atoms with E-state index in [9.17, 15) is 13.2 Å². The number of sulfonamides is 1. The van der Waals surface area contributed by atoms with Crippen molar-refractivity contribution in [2.75, 3.05) is 31.8 Å². The molecular formula is C19H24N2O4S2. The van der Waals surface area contributed by atoms with Gasteiger partial charge in [-0.3, -0.25) is 4.79 Å². The Labute approximate surface area is 165 Å². The Morgan fingerprint density at radius 3 is 2.52 bits per heavy atom. The Kier molecular flexibility index (Phi) is 7.29. The van der Waals surface area contributed by atoms with Gasteiger partial charge in [-0.05, 0) is 43.7 Å². The molecule has 2 aromatic carbocycles. The second-order valence-corrected chi connectivity index (χ2v) is 9.12. The van der Waals surface area contributed by atoms with E-state index in [2.05, 4.69) is 5.32 Å². The van der Waals surface area contributed by atoms with Crippen molar-refractivity contribution in [3.63, 3.8) is 0 Å². The number of carbonyl (C=O) groups is 1. The van der Waals surface area contributed by atoms with Crippen molar-refractivity contribution in [3.05, 3.63) is 48.0 Å². The van der Waals surface area contributed by atoms with Crippen molar-refractivity contribution in [1.29, 1.82) is 0 Å². The van der Waals surface area contributed by atoms with Crippen LogP contribution in [0.3, 0.4) is 0 Å². The summed E-state index contributed by atoms with van der Waals surface area (Å²) in [6, 6.07) is 12.5. The van der Waals surface area contributed by atoms with Crippen molar-refractivity contribution >= 4 is 33.4 Å². The Morgan fingerprint density at radius 2 is 1.89 bits per heavy atom. The molecule has 2 rings (SSSR count). The van der Waals surface area contributed by atoms with E-state index in [0.29, 0.717) is 12.3 Å². The number of rotatable bonds is 8. The summed E-state index contributed by atoms with van der Waals surface area (Å²) in [6.07, 6.45) is 0. The molecule has 0 heterocycles. The van der Waals surface area contributed by atoms with Crippen molar-refractivity contribution in [2.45, 2.75) is 23.6 Å². The molecule has 0 saturated carbocycles. The van der Waals surface area contributed by atoms with E-state index < -0.39 is 10.0 Å². The van der Waals surface area contributed by atoms with Crippen LogP contribution in [0, 0.1) is 6.92 Å². The summed E-state index contributed by atoms with van der Waals surface area (Å²) < 4.78 is 31.6. The summed E-state index contributed by atoms with van der Waals surface area (Å²) in [4.78, 5) is 13.3. The largest absolute Gasteiger partial charge is 0.492 e. The topological polar surface area (TPSA) is 75.7 Å². The zero-order valence-electron chi connectivity index (χ0n) is 15.9. The molecule has 0 bridgehead atoms. The molecule has 0 aliphatic heterocycles. The fraction of sp³-hybridized carbons (Fsp3) is 0.316. The van der Waals surface area contributed by atoms with Gasteiger partial charge in [0.05, 0.1) is 12.4 Å². The first-order valence-corrected chi connectivity index (χ1v) is 10.9. The van der Waals surface area contributed by atoms with Gasteiger partial charge in [-0.25, -0.2) is 12.7 Å². The van der Waals surface area contributed by atoms with Crippen LogP contribution in [-0.2, 0) is 14.8 Å². The lowest BCUT2D eigenvalue weighted by Crippen LogP contribution is -2.23. The van der Waals surface area contributed by atoms with Gasteiger partial charge in [-0.1, -0.05) is 18.2 Å². The third-order valence-electron chi connectivity index (χ3n) is 3.74. The van der Waals surface area contributed by atoms with Gasteiger partial charge >= 0.3 is 0 Å². The molecule has 1 amide bonds. The van der Waals surface area contributed by atoms with Gasteiger partial charge in [0.2, 0.25) is 15.9 Å². The number of amides is 1. The van der Waals surface area contributed by atoms with Crippen LogP contribution in [0.15, 0.2) is 52.3 Å². The molecule has 0 radical (unpaired) electrons. The highest BCUT2D eigenvalue weighted by Crippen LogP contribution is 2.29. The second-order valence-electron chi connectivity index (χ2n) is 5.98. The Hall–Kier alpha value is -2.03. The molecule has 0 atom stereocenters. The molecule has 27 heavy (non-hydrogen) atoms. The zero-order chi connectivity index (χ0) is 20.0. The number of hydrogen-bond donors (Lipinski definition) is 1. The molecule has 0 aromatic heterocycles. The number of nitrogens with one attached hydrogen (secondary N) is 1. The smallest absolute Gasteiger partial charge is 0.246 e. The molecule has 146 valence electrons. The zero-order valence-corrected chi connectivity index (χ0v) is 17.5. The second kappa shape index (κ2) is 9.25. The normalized spacial score (nSPS) is 11.4. The maximum absolute atomic E-state index is 12.5. The highest BCUT2D eigenvalue weighted by molar-refractivity contribution is 8.00. The summed E-state index contributed by atoms with van der Waals surface area (Å²) in [5, 5.41) is 2.75. The van der Waals surface area contributed by atoms with Crippen molar-refractivity contribution in [1.82, 2.24) is 4.31 Å². The molecule has 0 aliphatic rings. The highest BCUT2D eigenvalue weighted by Gasteiger charge is 2.23. The summed E-state index contributed by atoms with van der Waals surface area (Å²) >= 11 is 1.44. The average Bonchev–Trinajstić information content (AvgIpc) is 2.62. The Morgan fingerprint density at radius 1 is 1.19 bits per heavy atom. The third kappa shape index (κ3) is 5.47. The van der Waals surface area contributed by atoms with Gasteiger partial charge in [0.1, 0.15) is 10.6 Å². The number of benzene rings is 2. The number of carbonyl (C=O) groups excluding carboxylic acids is 1. The van der Waals surface area contributed by atoms with Crippen molar-refractivity contribution in [2.24, 2.45) is 0 Å². The van der Waals surface area contributed by atoms with Gasteiger partial charge in [0, 0.05) is 24.7 Å². The predicted octanol–water partition coefficient (Wildman–Crippen LogP) is 3.37. The van der Waals surface area contributed by atoms with E-state index in [1.54, 1.807) is 19.1 Å². The van der Waals surface area contributed by atoms with E-state index in [4.69, 9.17) is 4.74 Å². The van der Waals surface area contributed by atoms with Gasteiger partial charge in [0.15, 0.2) is 0 Å². The van der Waals surface area contributed by atoms with E-state index in [1.807, 2.05) is 31.2 Å². The highest BCUT2D eigenvalue weighted by atomic mass is 32.2. The van der Waals surface area contributed by atoms with Crippen LogP contribution in [-0.4, -0.2) is 45.1 Å². The summed E-state index contributed by atoms with van der Waals surface area (Å²) in [7, 11) is -0.790. The first kappa shape index (κ1) is 21.3. The number of hydrogen-bond acceptors (Lipinski definition) is 5.